The van der Waals surface area contributed by atoms with Gasteiger partial charge in [-0.3, -0.25) is 0 Å². The van der Waals surface area contributed by atoms with Gasteiger partial charge in [0.15, 0.2) is 6.23 Å². The molecule has 0 bridgehead atoms. The highest BCUT2D eigenvalue weighted by Crippen LogP contribution is 2.50. The second kappa shape index (κ2) is 8.18. The summed E-state index contributed by atoms with van der Waals surface area (Å²) in [5.41, 5.74) is 7.15. The van der Waals surface area contributed by atoms with Crippen LogP contribution < -0.4 is 10.1 Å². The van der Waals surface area contributed by atoms with E-state index in [-0.39, 0.29) is 6.23 Å². The highest BCUT2D eigenvalue weighted by Gasteiger charge is 2.45. The van der Waals surface area contributed by atoms with Gasteiger partial charge >= 0.3 is 0 Å². The summed E-state index contributed by atoms with van der Waals surface area (Å²) in [5, 5.41) is 3.60. The molecular weight excluding hydrogens is 394 g/mol. The predicted molar refractivity (Wildman–Crippen MR) is 129 cm³/mol. The molecule has 4 aromatic carbocycles. The maximum Gasteiger partial charge on any atom is 0.156 e. The summed E-state index contributed by atoms with van der Waals surface area (Å²) in [5.74, 6) is 0.827. The second-order valence-corrected chi connectivity index (χ2v) is 8.37. The van der Waals surface area contributed by atoms with E-state index in [9.17, 15) is 0 Å². The van der Waals surface area contributed by atoms with Gasteiger partial charge in [0, 0.05) is 16.8 Å². The van der Waals surface area contributed by atoms with Gasteiger partial charge in [0.05, 0.1) is 7.11 Å². The van der Waals surface area contributed by atoms with Crippen LogP contribution in [0.4, 0.5) is 5.69 Å². The van der Waals surface area contributed by atoms with Crippen molar-refractivity contribution in [1.82, 2.24) is 0 Å². The third kappa shape index (κ3) is 3.45. The Labute approximate surface area is 189 Å². The topological polar surface area (TPSA) is 30.5 Å². The van der Waals surface area contributed by atoms with Gasteiger partial charge in [-0.05, 0) is 43.2 Å². The molecule has 0 saturated carbocycles. The van der Waals surface area contributed by atoms with E-state index in [1.165, 1.54) is 11.1 Å². The highest BCUT2D eigenvalue weighted by atomic mass is 16.5. The molecule has 0 spiro atoms. The number of aryl methyl sites for hydroxylation is 2. The lowest BCUT2D eigenvalue weighted by molar-refractivity contribution is -0.0432. The summed E-state index contributed by atoms with van der Waals surface area (Å²) < 4.78 is 12.4. The molecule has 1 aliphatic rings. The van der Waals surface area contributed by atoms with Crippen molar-refractivity contribution < 1.29 is 9.47 Å². The monoisotopic (exact) mass is 421 g/mol. The van der Waals surface area contributed by atoms with Gasteiger partial charge in [-0.1, -0.05) is 90.0 Å². The maximum absolute atomic E-state index is 7.06. The van der Waals surface area contributed by atoms with E-state index in [0.29, 0.717) is 0 Å². The Kier molecular flexibility index (Phi) is 5.20. The Bertz CT molecular complexity index is 1170. The molecule has 0 amide bonds. The molecule has 1 heterocycles. The standard InChI is InChI=1S/C29H27NO2/c1-20-8-14-23(15-9-20)29(24-16-10-21(2)11-17-24)26-6-4-5-7-27(26)30-28(32-29)22-12-18-25(31-3)19-13-22/h4-19,28,30H,1-3H3. The molecule has 5 rings (SSSR count). The minimum atomic E-state index is -0.742. The van der Waals surface area contributed by atoms with Crippen LogP contribution in [0, 0.1) is 13.8 Å². The van der Waals surface area contributed by atoms with Crippen LogP contribution in [-0.4, -0.2) is 7.11 Å². The molecule has 3 nitrogen and oxygen atoms in total. The van der Waals surface area contributed by atoms with Crippen LogP contribution in [0.25, 0.3) is 0 Å². The number of anilines is 1. The smallest absolute Gasteiger partial charge is 0.156 e. The molecule has 0 saturated heterocycles. The van der Waals surface area contributed by atoms with E-state index >= 15 is 0 Å². The minimum Gasteiger partial charge on any atom is -0.497 e. The molecule has 0 aromatic heterocycles. The molecule has 1 unspecified atom stereocenters. The molecule has 0 fully saturated rings. The number of hydrogen-bond acceptors (Lipinski definition) is 3. The third-order valence-corrected chi connectivity index (χ3v) is 6.22. The first-order valence-electron chi connectivity index (χ1n) is 10.9. The van der Waals surface area contributed by atoms with Crippen molar-refractivity contribution in [3.8, 4) is 5.75 Å². The molecule has 1 atom stereocenters. The second-order valence-electron chi connectivity index (χ2n) is 8.37. The fraction of sp³-hybridized carbons (Fsp3) is 0.172. The molecule has 1 aliphatic heterocycles. The number of ether oxygens (including phenoxy) is 2. The molecule has 4 aromatic rings. The molecule has 0 radical (unpaired) electrons. The van der Waals surface area contributed by atoms with E-state index < -0.39 is 5.60 Å². The Hall–Kier alpha value is -3.56. The van der Waals surface area contributed by atoms with Crippen molar-refractivity contribution in [2.45, 2.75) is 25.7 Å². The summed E-state index contributed by atoms with van der Waals surface area (Å²) in [6, 6.07) is 33.8. The van der Waals surface area contributed by atoms with Crippen LogP contribution in [0.5, 0.6) is 5.75 Å². The van der Waals surface area contributed by atoms with Gasteiger partial charge in [-0.25, -0.2) is 0 Å². The van der Waals surface area contributed by atoms with E-state index in [0.717, 1.165) is 33.7 Å². The zero-order valence-electron chi connectivity index (χ0n) is 18.6. The lowest BCUT2D eigenvalue weighted by Gasteiger charge is -2.44. The molecule has 160 valence electrons. The number of para-hydroxylation sites is 1. The first kappa shape index (κ1) is 20.3. The number of fused-ring (bicyclic) bond motifs is 1. The fourth-order valence-electron chi connectivity index (χ4n) is 4.45. The average molecular weight is 422 g/mol. The van der Waals surface area contributed by atoms with E-state index in [2.05, 4.69) is 104 Å². The Morgan fingerprint density at radius 2 is 1.28 bits per heavy atom. The van der Waals surface area contributed by atoms with Crippen molar-refractivity contribution in [2.24, 2.45) is 0 Å². The van der Waals surface area contributed by atoms with E-state index in [1.54, 1.807) is 7.11 Å². The third-order valence-electron chi connectivity index (χ3n) is 6.22. The number of rotatable bonds is 4. The summed E-state index contributed by atoms with van der Waals surface area (Å²) in [6.45, 7) is 4.22. The van der Waals surface area contributed by atoms with E-state index in [4.69, 9.17) is 9.47 Å². The zero-order chi connectivity index (χ0) is 22.1. The van der Waals surface area contributed by atoms with Crippen LogP contribution in [0.1, 0.15) is 39.6 Å². The normalized spacial score (nSPS) is 16.7. The number of nitrogens with one attached hydrogen (secondary N) is 1. The molecule has 32 heavy (non-hydrogen) atoms. The van der Waals surface area contributed by atoms with Gasteiger partial charge in [-0.2, -0.15) is 0 Å². The van der Waals surface area contributed by atoms with E-state index in [1.807, 2.05) is 12.1 Å². The van der Waals surface area contributed by atoms with Crippen molar-refractivity contribution in [2.75, 3.05) is 12.4 Å². The van der Waals surface area contributed by atoms with Crippen LogP contribution >= 0.6 is 0 Å². The quantitative estimate of drug-likeness (QED) is 0.396. The van der Waals surface area contributed by atoms with Crippen molar-refractivity contribution in [3.05, 3.63) is 130 Å². The number of methoxy groups -OCH3 is 1. The molecular formula is C29H27NO2. The van der Waals surface area contributed by atoms with Crippen LogP contribution in [-0.2, 0) is 10.3 Å². The predicted octanol–water partition coefficient (Wildman–Crippen LogP) is 6.74. The van der Waals surface area contributed by atoms with Gasteiger partial charge in [0.2, 0.25) is 0 Å². The van der Waals surface area contributed by atoms with Crippen LogP contribution in [0.2, 0.25) is 0 Å². The molecule has 0 aliphatic carbocycles. The summed E-state index contributed by atoms with van der Waals surface area (Å²) in [7, 11) is 1.68. The van der Waals surface area contributed by atoms with Crippen molar-refractivity contribution >= 4 is 5.69 Å². The van der Waals surface area contributed by atoms with Crippen molar-refractivity contribution in [3.63, 3.8) is 0 Å². The van der Waals surface area contributed by atoms with Gasteiger partial charge in [-0.15, -0.1) is 0 Å². The minimum absolute atomic E-state index is 0.321. The summed E-state index contributed by atoms with van der Waals surface area (Å²) in [6.07, 6.45) is -0.321. The zero-order valence-corrected chi connectivity index (χ0v) is 18.6. The lowest BCUT2D eigenvalue weighted by Crippen LogP contribution is -2.40. The average Bonchev–Trinajstić information content (AvgIpc) is 2.84. The highest BCUT2D eigenvalue weighted by molar-refractivity contribution is 5.64. The number of benzene rings is 4. The Morgan fingerprint density at radius 3 is 1.84 bits per heavy atom. The maximum atomic E-state index is 7.06. The summed E-state index contributed by atoms with van der Waals surface area (Å²) >= 11 is 0. The van der Waals surface area contributed by atoms with Gasteiger partial charge in [0.1, 0.15) is 11.4 Å². The lowest BCUT2D eigenvalue weighted by atomic mass is 9.77. The van der Waals surface area contributed by atoms with Gasteiger partial charge < -0.3 is 14.8 Å². The first-order chi connectivity index (χ1) is 15.6. The largest absolute Gasteiger partial charge is 0.497 e. The van der Waals surface area contributed by atoms with Crippen molar-refractivity contribution in [1.29, 1.82) is 0 Å². The SMILES string of the molecule is COc1ccc(C2Nc3ccccc3C(c3ccc(C)cc3)(c3ccc(C)cc3)O2)cc1. The fourth-order valence-corrected chi connectivity index (χ4v) is 4.45. The summed E-state index contributed by atoms with van der Waals surface area (Å²) in [4.78, 5) is 0. The number of hydrogen-bond donors (Lipinski definition) is 1. The van der Waals surface area contributed by atoms with Crippen LogP contribution in [0.15, 0.2) is 97.1 Å². The molecule has 3 heteroatoms. The van der Waals surface area contributed by atoms with Gasteiger partial charge in [0.25, 0.3) is 0 Å². The van der Waals surface area contributed by atoms with Crippen LogP contribution in [0.3, 0.4) is 0 Å². The Balaban J connectivity index is 1.74. The Morgan fingerprint density at radius 1 is 0.719 bits per heavy atom. The molecule has 1 N–H and O–H groups in total. The first-order valence-corrected chi connectivity index (χ1v) is 10.9.